The molecule has 0 bridgehead atoms. The SMILES string of the molecule is COc1ccc(Br)cc1S(=O)(=O)NC1CCN(C)CC1C. The van der Waals surface area contributed by atoms with Gasteiger partial charge < -0.3 is 9.64 Å². The van der Waals surface area contributed by atoms with Crippen LogP contribution in [-0.2, 0) is 10.0 Å². The predicted octanol–water partition coefficient (Wildman–Crippen LogP) is 2.08. The van der Waals surface area contributed by atoms with Crippen LogP contribution in [0.1, 0.15) is 13.3 Å². The highest BCUT2D eigenvalue weighted by molar-refractivity contribution is 9.10. The highest BCUT2D eigenvalue weighted by Crippen LogP contribution is 2.28. The number of nitrogens with zero attached hydrogens (tertiary/aromatic N) is 1. The molecule has 7 heteroatoms. The van der Waals surface area contributed by atoms with Gasteiger partial charge in [-0.3, -0.25) is 0 Å². The molecule has 118 valence electrons. The topological polar surface area (TPSA) is 58.6 Å². The van der Waals surface area contributed by atoms with E-state index < -0.39 is 10.0 Å². The van der Waals surface area contributed by atoms with Crippen molar-refractivity contribution in [1.29, 1.82) is 0 Å². The highest BCUT2D eigenvalue weighted by Gasteiger charge is 2.30. The molecule has 0 amide bonds. The van der Waals surface area contributed by atoms with Gasteiger partial charge in [-0.1, -0.05) is 22.9 Å². The molecular weight excluding hydrogens is 356 g/mol. The van der Waals surface area contributed by atoms with E-state index in [1.165, 1.54) is 7.11 Å². The Balaban J connectivity index is 2.24. The van der Waals surface area contributed by atoms with Crippen LogP contribution >= 0.6 is 15.9 Å². The van der Waals surface area contributed by atoms with Gasteiger partial charge in [0, 0.05) is 17.1 Å². The Hall–Kier alpha value is -0.630. The number of ether oxygens (including phenoxy) is 1. The molecule has 1 fully saturated rings. The fourth-order valence-corrected chi connectivity index (χ4v) is 4.74. The summed E-state index contributed by atoms with van der Waals surface area (Å²) in [5.74, 6) is 0.628. The molecule has 1 N–H and O–H groups in total. The third-order valence-corrected chi connectivity index (χ3v) is 5.83. The van der Waals surface area contributed by atoms with Crippen molar-refractivity contribution in [3.05, 3.63) is 22.7 Å². The lowest BCUT2D eigenvalue weighted by molar-refractivity contribution is 0.188. The Morgan fingerprint density at radius 3 is 2.76 bits per heavy atom. The Morgan fingerprint density at radius 1 is 1.43 bits per heavy atom. The zero-order valence-electron chi connectivity index (χ0n) is 12.5. The fourth-order valence-electron chi connectivity index (χ4n) is 2.65. The quantitative estimate of drug-likeness (QED) is 0.873. The number of nitrogens with one attached hydrogen (secondary N) is 1. The lowest BCUT2D eigenvalue weighted by Gasteiger charge is -2.35. The van der Waals surface area contributed by atoms with Crippen molar-refractivity contribution in [3.8, 4) is 5.75 Å². The van der Waals surface area contributed by atoms with E-state index in [1.807, 2.05) is 0 Å². The summed E-state index contributed by atoms with van der Waals surface area (Å²) in [5, 5.41) is 0. The maximum absolute atomic E-state index is 12.6. The third-order valence-electron chi connectivity index (χ3n) is 3.83. The molecule has 2 rings (SSSR count). The molecule has 1 aliphatic rings. The van der Waals surface area contributed by atoms with Gasteiger partial charge >= 0.3 is 0 Å². The molecule has 1 heterocycles. The summed E-state index contributed by atoms with van der Waals surface area (Å²) in [5.41, 5.74) is 0. The summed E-state index contributed by atoms with van der Waals surface area (Å²) < 4.78 is 34.0. The van der Waals surface area contributed by atoms with Crippen molar-refractivity contribution < 1.29 is 13.2 Å². The summed E-state index contributed by atoms with van der Waals surface area (Å²) in [6.45, 7) is 3.86. The van der Waals surface area contributed by atoms with Gasteiger partial charge in [0.2, 0.25) is 10.0 Å². The summed E-state index contributed by atoms with van der Waals surface area (Å²) in [6, 6.07) is 4.93. The summed E-state index contributed by atoms with van der Waals surface area (Å²) in [7, 11) is -0.0723. The number of benzene rings is 1. The van der Waals surface area contributed by atoms with Gasteiger partial charge in [0.15, 0.2) is 0 Å². The minimum absolute atomic E-state index is 0.0464. The molecule has 1 aromatic carbocycles. The molecule has 1 aliphatic heterocycles. The second-order valence-corrected chi connectivity index (χ2v) is 8.15. The molecule has 0 aromatic heterocycles. The van der Waals surface area contributed by atoms with E-state index in [2.05, 4.69) is 39.5 Å². The maximum Gasteiger partial charge on any atom is 0.244 e. The average molecular weight is 377 g/mol. The van der Waals surface area contributed by atoms with Crippen LogP contribution in [0, 0.1) is 5.92 Å². The first-order valence-electron chi connectivity index (χ1n) is 6.88. The number of halogens is 1. The molecule has 1 aromatic rings. The van der Waals surface area contributed by atoms with Crippen LogP contribution in [0.5, 0.6) is 5.75 Å². The van der Waals surface area contributed by atoms with E-state index in [0.29, 0.717) is 10.2 Å². The number of sulfonamides is 1. The van der Waals surface area contributed by atoms with Gasteiger partial charge in [-0.05, 0) is 44.1 Å². The summed E-state index contributed by atoms with van der Waals surface area (Å²) in [4.78, 5) is 2.39. The van der Waals surface area contributed by atoms with Crippen molar-refractivity contribution in [2.45, 2.75) is 24.3 Å². The van der Waals surface area contributed by atoms with E-state index in [4.69, 9.17) is 4.74 Å². The monoisotopic (exact) mass is 376 g/mol. The Labute approximate surface area is 134 Å². The van der Waals surface area contributed by atoms with Gasteiger partial charge in [-0.25, -0.2) is 13.1 Å². The molecule has 0 saturated carbocycles. The molecule has 0 aliphatic carbocycles. The standard InChI is InChI=1S/C14H21BrN2O3S/c1-10-9-17(2)7-6-12(10)16-21(18,19)14-8-11(15)4-5-13(14)20-3/h4-5,8,10,12,16H,6-7,9H2,1-3H3. The van der Waals surface area contributed by atoms with Crippen molar-refractivity contribution in [1.82, 2.24) is 9.62 Å². The van der Waals surface area contributed by atoms with Gasteiger partial charge in [0.1, 0.15) is 10.6 Å². The Bertz CT molecular complexity index is 606. The molecule has 0 spiro atoms. The van der Waals surface area contributed by atoms with Gasteiger partial charge in [0.05, 0.1) is 7.11 Å². The molecule has 2 atom stereocenters. The van der Waals surface area contributed by atoms with Crippen molar-refractivity contribution in [3.63, 3.8) is 0 Å². The lowest BCUT2D eigenvalue weighted by atomic mass is 9.95. The van der Waals surface area contributed by atoms with Crippen molar-refractivity contribution in [2.24, 2.45) is 5.92 Å². The van der Waals surface area contributed by atoms with Crippen LogP contribution in [0.3, 0.4) is 0 Å². The van der Waals surface area contributed by atoms with E-state index in [1.54, 1.807) is 18.2 Å². The van der Waals surface area contributed by atoms with Crippen molar-refractivity contribution in [2.75, 3.05) is 27.2 Å². The smallest absolute Gasteiger partial charge is 0.244 e. The zero-order chi connectivity index (χ0) is 15.6. The molecule has 21 heavy (non-hydrogen) atoms. The van der Waals surface area contributed by atoms with Gasteiger partial charge in [-0.2, -0.15) is 0 Å². The van der Waals surface area contributed by atoms with E-state index in [9.17, 15) is 8.42 Å². The Morgan fingerprint density at radius 2 is 2.14 bits per heavy atom. The first-order chi connectivity index (χ1) is 9.83. The van der Waals surface area contributed by atoms with Crippen LogP contribution in [0.4, 0.5) is 0 Å². The second kappa shape index (κ2) is 6.64. The molecule has 1 saturated heterocycles. The largest absolute Gasteiger partial charge is 0.495 e. The van der Waals surface area contributed by atoms with Crippen molar-refractivity contribution >= 4 is 26.0 Å². The number of hydrogen-bond acceptors (Lipinski definition) is 4. The second-order valence-electron chi connectivity index (χ2n) is 5.55. The lowest BCUT2D eigenvalue weighted by Crippen LogP contribution is -2.48. The number of likely N-dealkylation sites (tertiary alicyclic amines) is 1. The molecule has 5 nitrogen and oxygen atoms in total. The number of rotatable bonds is 4. The van der Waals surface area contributed by atoms with Crippen LogP contribution in [0.2, 0.25) is 0 Å². The number of piperidine rings is 1. The molecule has 2 unspecified atom stereocenters. The van der Waals surface area contributed by atoms with Gasteiger partial charge in [-0.15, -0.1) is 0 Å². The minimum atomic E-state index is -3.60. The maximum atomic E-state index is 12.6. The van der Waals surface area contributed by atoms with E-state index in [0.717, 1.165) is 19.5 Å². The number of methoxy groups -OCH3 is 1. The molecule has 0 radical (unpaired) electrons. The third kappa shape index (κ3) is 3.97. The normalized spacial score (nSPS) is 24.0. The van der Waals surface area contributed by atoms with E-state index in [-0.39, 0.29) is 16.9 Å². The average Bonchev–Trinajstić information content (AvgIpc) is 2.42. The highest BCUT2D eigenvalue weighted by atomic mass is 79.9. The predicted molar refractivity (Wildman–Crippen MR) is 86.1 cm³/mol. The Kier molecular flexibility index (Phi) is 5.29. The molecular formula is C14H21BrN2O3S. The summed E-state index contributed by atoms with van der Waals surface area (Å²) >= 11 is 3.31. The van der Waals surface area contributed by atoms with Crippen LogP contribution in [0.25, 0.3) is 0 Å². The zero-order valence-corrected chi connectivity index (χ0v) is 14.9. The van der Waals surface area contributed by atoms with Crippen LogP contribution in [0.15, 0.2) is 27.6 Å². The minimum Gasteiger partial charge on any atom is -0.495 e. The van der Waals surface area contributed by atoms with E-state index >= 15 is 0 Å². The first-order valence-corrected chi connectivity index (χ1v) is 9.15. The summed E-state index contributed by atoms with van der Waals surface area (Å²) in [6.07, 6.45) is 0.813. The first kappa shape index (κ1) is 16.7. The van der Waals surface area contributed by atoms with Gasteiger partial charge in [0.25, 0.3) is 0 Å². The van der Waals surface area contributed by atoms with Crippen LogP contribution < -0.4 is 9.46 Å². The fraction of sp³-hybridized carbons (Fsp3) is 0.571. The van der Waals surface area contributed by atoms with Crippen LogP contribution in [-0.4, -0.2) is 46.6 Å². The number of hydrogen-bond donors (Lipinski definition) is 1.